The normalized spacial score (nSPS) is 17.8. The number of aliphatic carboxylic acids is 1. The first-order valence-electron chi connectivity index (χ1n) is 22.1. The number of fused-ring (bicyclic) bond motifs is 2. The number of nitrogens with one attached hydrogen (secondary N) is 1. The molecule has 8 rings (SSSR count). The highest BCUT2D eigenvalue weighted by molar-refractivity contribution is 7.48. The molecule has 70 heavy (non-hydrogen) atoms. The summed E-state index contributed by atoms with van der Waals surface area (Å²) in [6.07, 6.45) is -6.20. The Kier molecular flexibility index (Phi) is 15.2. The Labute approximate surface area is 401 Å². The molecule has 7 aromatic rings. The molecule has 0 aliphatic carbocycles. The van der Waals surface area contributed by atoms with Crippen LogP contribution in [0.2, 0.25) is 0 Å². The van der Waals surface area contributed by atoms with Crippen molar-refractivity contribution in [2.75, 3.05) is 53.0 Å². The second-order valence-electron chi connectivity index (χ2n) is 16.1. The minimum absolute atomic E-state index is 0.170. The average Bonchev–Trinajstić information content (AvgIpc) is 3.69. The minimum Gasteiger partial charge on any atom is -0.497 e. The fourth-order valence-electron chi connectivity index (χ4n) is 8.19. The fraction of sp³-hybridized carbons (Fsp3) is 0.280. The number of esters is 1. The van der Waals surface area contributed by atoms with Crippen LogP contribution in [0.3, 0.4) is 0 Å². The second kappa shape index (κ2) is 21.6. The lowest BCUT2D eigenvalue weighted by atomic mass is 9.80. The molecule has 0 saturated carbocycles. The molecule has 20 heteroatoms. The summed E-state index contributed by atoms with van der Waals surface area (Å²) in [5.74, 6) is -1.12. The molecule has 0 amide bonds. The van der Waals surface area contributed by atoms with Crippen LogP contribution in [-0.2, 0) is 47.5 Å². The Balaban J connectivity index is 1.15. The van der Waals surface area contributed by atoms with Gasteiger partial charge in [-0.1, -0.05) is 66.7 Å². The smallest absolute Gasteiger partial charge is 0.475 e. The summed E-state index contributed by atoms with van der Waals surface area (Å²) in [5, 5.41) is 9.41. The van der Waals surface area contributed by atoms with E-state index in [0.29, 0.717) is 39.2 Å². The van der Waals surface area contributed by atoms with Crippen LogP contribution >= 0.6 is 7.82 Å². The van der Waals surface area contributed by atoms with E-state index in [1.54, 1.807) is 45.5 Å². The summed E-state index contributed by atoms with van der Waals surface area (Å²) in [6.45, 7) is -0.457. The van der Waals surface area contributed by atoms with Gasteiger partial charge in [-0.3, -0.25) is 37.5 Å². The summed E-state index contributed by atoms with van der Waals surface area (Å²) >= 11 is 0. The predicted octanol–water partition coefficient (Wildman–Crippen LogP) is 6.63. The van der Waals surface area contributed by atoms with Crippen molar-refractivity contribution in [3.05, 3.63) is 171 Å². The van der Waals surface area contributed by atoms with Crippen LogP contribution in [0.1, 0.15) is 35.8 Å². The van der Waals surface area contributed by atoms with Crippen molar-refractivity contribution in [1.82, 2.24) is 19.5 Å². The van der Waals surface area contributed by atoms with Gasteiger partial charge in [0.15, 0.2) is 12.3 Å². The third-order valence-corrected chi connectivity index (χ3v) is 13.2. The van der Waals surface area contributed by atoms with Gasteiger partial charge >= 0.3 is 25.5 Å². The molecule has 1 aliphatic heterocycles. The summed E-state index contributed by atoms with van der Waals surface area (Å²) in [4.78, 5) is 64.2. The number of carbonyl (C=O) groups excluding carboxylic acids is 1. The number of aromatic nitrogens is 4. The van der Waals surface area contributed by atoms with Crippen molar-refractivity contribution in [3.8, 4) is 11.5 Å². The molecule has 364 valence electrons. The number of carbonyl (C=O) groups is 2. The Bertz CT molecular complexity index is 3070. The van der Waals surface area contributed by atoms with Gasteiger partial charge < -0.3 is 33.7 Å². The number of para-hydroxylation sites is 2. The van der Waals surface area contributed by atoms with E-state index in [2.05, 4.69) is 4.98 Å². The third kappa shape index (κ3) is 10.8. The highest BCUT2D eigenvalue weighted by Crippen LogP contribution is 2.53. The van der Waals surface area contributed by atoms with Crippen LogP contribution in [0.4, 0.5) is 5.69 Å². The van der Waals surface area contributed by atoms with Gasteiger partial charge in [-0.2, -0.15) is 0 Å². The maximum atomic E-state index is 14.7. The van der Waals surface area contributed by atoms with E-state index in [4.69, 9.17) is 47.2 Å². The Morgan fingerprint density at radius 1 is 0.771 bits per heavy atom. The Morgan fingerprint density at radius 2 is 1.37 bits per heavy atom. The molecule has 3 heterocycles. The first-order valence-corrected chi connectivity index (χ1v) is 23.5. The standard InChI is InChI=1S/C50H50N5O14P/c1-54(35-18-23-40-41(30-35)52-39-13-9-8-12-38(39)51-40)28-29-66-70(61,64-4)69-46-42(67-48(55-27-26-43(56)53-49(55)60)47(46)68-45(59)25-24-44(57)58)31-65-50(32-10-6-5-7-11-32,33-14-19-36(62-2)20-15-33)34-16-21-37(63-3)22-17-34/h5-23,26-27,30,42,46-48H,24-25,28-29,31H2,1-4H3,(H,57,58)(H,53,56,60)/t42-,46+,47-,48-,70?/m1/s1. The van der Waals surface area contributed by atoms with Gasteiger partial charge in [0.05, 0.1) is 62.3 Å². The van der Waals surface area contributed by atoms with E-state index in [9.17, 15) is 28.8 Å². The van der Waals surface area contributed by atoms with Gasteiger partial charge in [0, 0.05) is 38.7 Å². The molecule has 5 aromatic carbocycles. The van der Waals surface area contributed by atoms with Crippen molar-refractivity contribution >= 4 is 47.5 Å². The van der Waals surface area contributed by atoms with Gasteiger partial charge in [-0.05, 0) is 71.3 Å². The van der Waals surface area contributed by atoms with E-state index in [1.807, 2.05) is 102 Å². The first-order chi connectivity index (χ1) is 33.8. The van der Waals surface area contributed by atoms with Gasteiger partial charge in [0.1, 0.15) is 29.3 Å². The number of H-pyrrole nitrogens is 1. The predicted molar refractivity (Wildman–Crippen MR) is 256 cm³/mol. The third-order valence-electron chi connectivity index (χ3n) is 11.8. The molecule has 0 spiro atoms. The molecule has 2 aromatic heterocycles. The van der Waals surface area contributed by atoms with E-state index < -0.39 is 80.6 Å². The van der Waals surface area contributed by atoms with E-state index >= 15 is 0 Å². The molecule has 19 nitrogen and oxygen atoms in total. The summed E-state index contributed by atoms with van der Waals surface area (Å²) in [7, 11) is 1.37. The zero-order valence-corrected chi connectivity index (χ0v) is 39.4. The molecule has 1 aliphatic rings. The second-order valence-corrected chi connectivity index (χ2v) is 17.8. The molecule has 2 N–H and O–H groups in total. The van der Waals surface area contributed by atoms with Gasteiger partial charge in [-0.25, -0.2) is 19.3 Å². The van der Waals surface area contributed by atoms with Crippen molar-refractivity contribution in [3.63, 3.8) is 0 Å². The number of hydrogen-bond donors (Lipinski definition) is 2. The largest absolute Gasteiger partial charge is 0.497 e. The van der Waals surface area contributed by atoms with Crippen molar-refractivity contribution in [1.29, 1.82) is 0 Å². The maximum Gasteiger partial charge on any atom is 0.475 e. The zero-order chi connectivity index (χ0) is 49.4. The summed E-state index contributed by atoms with van der Waals surface area (Å²) in [6, 6.07) is 38.0. The van der Waals surface area contributed by atoms with Crippen LogP contribution < -0.4 is 25.6 Å². The maximum absolute atomic E-state index is 14.7. The van der Waals surface area contributed by atoms with Crippen LogP contribution in [0.5, 0.6) is 11.5 Å². The number of rotatable bonds is 21. The molecular weight excluding hydrogens is 926 g/mol. The Hall–Kier alpha value is -7.25. The number of phosphoric acid groups is 1. The van der Waals surface area contributed by atoms with Crippen LogP contribution in [-0.4, -0.2) is 103 Å². The van der Waals surface area contributed by atoms with Crippen molar-refractivity contribution < 1.29 is 56.5 Å². The number of anilines is 1. The lowest BCUT2D eigenvalue weighted by Gasteiger charge is -2.37. The van der Waals surface area contributed by atoms with Gasteiger partial charge in [-0.15, -0.1) is 0 Å². The molecule has 1 unspecified atom stereocenters. The quantitative estimate of drug-likeness (QED) is 0.0333. The first kappa shape index (κ1) is 49.2. The van der Waals surface area contributed by atoms with Gasteiger partial charge in [0.2, 0.25) is 0 Å². The lowest BCUT2D eigenvalue weighted by molar-refractivity contribution is -0.160. The van der Waals surface area contributed by atoms with E-state index in [0.717, 1.165) is 40.7 Å². The topological polar surface area (TPSA) is 229 Å². The number of likely N-dealkylation sites (N-methyl/N-ethyl adjacent to an activating group) is 1. The summed E-state index contributed by atoms with van der Waals surface area (Å²) < 4.78 is 64.0. The highest BCUT2D eigenvalue weighted by atomic mass is 31.2. The number of carboxylic acid groups (broad SMARTS) is 1. The van der Waals surface area contributed by atoms with Crippen molar-refractivity contribution in [2.45, 2.75) is 43.0 Å². The fourth-order valence-corrected chi connectivity index (χ4v) is 9.30. The Morgan fingerprint density at radius 3 is 1.97 bits per heavy atom. The van der Waals surface area contributed by atoms with Gasteiger partial charge in [0.25, 0.3) is 5.56 Å². The van der Waals surface area contributed by atoms with E-state index in [1.165, 1.54) is 0 Å². The molecular formula is C50H50N5O14P. The molecule has 5 atom stereocenters. The molecule has 0 radical (unpaired) electrons. The molecule has 1 saturated heterocycles. The number of phosphoric ester groups is 1. The van der Waals surface area contributed by atoms with E-state index in [-0.39, 0.29) is 13.2 Å². The molecule has 0 bridgehead atoms. The van der Waals surface area contributed by atoms with Crippen LogP contribution in [0, 0.1) is 0 Å². The number of ether oxygens (including phenoxy) is 5. The average molecular weight is 976 g/mol. The molecule has 1 fully saturated rings. The highest BCUT2D eigenvalue weighted by Gasteiger charge is 2.54. The number of aromatic amines is 1. The van der Waals surface area contributed by atoms with Crippen LogP contribution in [0.15, 0.2) is 143 Å². The minimum atomic E-state index is -4.65. The number of benzene rings is 5. The van der Waals surface area contributed by atoms with Crippen LogP contribution in [0.25, 0.3) is 22.1 Å². The monoisotopic (exact) mass is 975 g/mol. The number of methoxy groups -OCH3 is 2. The zero-order valence-electron chi connectivity index (χ0n) is 38.5. The number of nitrogens with zero attached hydrogens (tertiary/aromatic N) is 4. The number of hydrogen-bond acceptors (Lipinski definition) is 16. The number of carboxylic acids is 1. The SMILES string of the molecule is COc1ccc(C(OC[C@H]2O[C@@H](n3ccc(=O)[nH]c3=O)[C@H](OC(=O)CCC(=O)O)[C@H]2OP(=O)(OC)OCCN(C)c2ccc3nc4ccccc4nc3c2)(c2ccccc2)c2ccc(OC)cc2)cc1. The lowest BCUT2D eigenvalue weighted by Crippen LogP contribution is -2.43. The van der Waals surface area contributed by atoms with Crippen molar-refractivity contribution in [2.24, 2.45) is 0 Å². The summed E-state index contributed by atoms with van der Waals surface area (Å²) in [5.41, 5.74) is 2.50.